The van der Waals surface area contributed by atoms with Crippen LogP contribution in [0.5, 0.6) is 0 Å². The molecule has 2 aromatic carbocycles. The summed E-state index contributed by atoms with van der Waals surface area (Å²) in [7, 11) is 1.79. The first-order chi connectivity index (χ1) is 8.66. The fraction of sp³-hybridized carbons (Fsp3) is 0.133. The largest absolute Gasteiger partial charge is 0.337 e. The molecule has 0 unspecified atom stereocenters. The molecule has 0 N–H and O–H groups in total. The van der Waals surface area contributed by atoms with Crippen molar-refractivity contribution in [3.63, 3.8) is 0 Å². The van der Waals surface area contributed by atoms with Crippen LogP contribution in [0.1, 0.15) is 15.9 Å². The summed E-state index contributed by atoms with van der Waals surface area (Å²) in [6.45, 7) is 0.589. The lowest BCUT2D eigenvalue weighted by Gasteiger charge is -2.17. The van der Waals surface area contributed by atoms with E-state index in [1.807, 2.05) is 30.3 Å². The Morgan fingerprint density at radius 3 is 2.50 bits per heavy atom. The average molecular weight is 260 g/mol. The van der Waals surface area contributed by atoms with Crippen LogP contribution in [0, 0.1) is 0 Å². The maximum absolute atomic E-state index is 12.2. The maximum Gasteiger partial charge on any atom is 0.253 e. The second-order valence-corrected chi connectivity index (χ2v) is 4.59. The summed E-state index contributed by atoms with van der Waals surface area (Å²) < 4.78 is 0. The highest BCUT2D eigenvalue weighted by atomic mass is 35.5. The van der Waals surface area contributed by atoms with Gasteiger partial charge in [0.05, 0.1) is 0 Å². The van der Waals surface area contributed by atoms with Gasteiger partial charge in [0.25, 0.3) is 5.91 Å². The smallest absolute Gasteiger partial charge is 0.253 e. The highest BCUT2D eigenvalue weighted by Gasteiger charge is 2.11. The second kappa shape index (κ2) is 5.69. The van der Waals surface area contributed by atoms with E-state index in [0.717, 1.165) is 5.56 Å². The number of carbonyl (C=O) groups is 1. The average Bonchev–Trinajstić information content (AvgIpc) is 2.39. The van der Waals surface area contributed by atoms with Gasteiger partial charge in [0.15, 0.2) is 0 Å². The van der Waals surface area contributed by atoms with Crippen molar-refractivity contribution in [2.24, 2.45) is 0 Å². The first-order valence-corrected chi connectivity index (χ1v) is 6.09. The van der Waals surface area contributed by atoms with Gasteiger partial charge >= 0.3 is 0 Å². The molecule has 2 aromatic rings. The van der Waals surface area contributed by atoms with Gasteiger partial charge in [-0.25, -0.2) is 0 Å². The van der Waals surface area contributed by atoms with Crippen molar-refractivity contribution in [1.82, 2.24) is 4.90 Å². The van der Waals surface area contributed by atoms with Gasteiger partial charge in [0, 0.05) is 24.2 Å². The first-order valence-electron chi connectivity index (χ1n) is 5.72. The van der Waals surface area contributed by atoms with Gasteiger partial charge < -0.3 is 4.90 Å². The second-order valence-electron chi connectivity index (χ2n) is 4.16. The monoisotopic (exact) mass is 259 g/mol. The lowest BCUT2D eigenvalue weighted by atomic mass is 10.1. The van der Waals surface area contributed by atoms with E-state index in [1.165, 1.54) is 0 Å². The molecule has 0 saturated carbocycles. The van der Waals surface area contributed by atoms with E-state index < -0.39 is 0 Å². The lowest BCUT2D eigenvalue weighted by molar-refractivity contribution is 0.0785. The van der Waals surface area contributed by atoms with Gasteiger partial charge in [0.2, 0.25) is 0 Å². The number of carbonyl (C=O) groups excluding carboxylic acids is 1. The van der Waals surface area contributed by atoms with Gasteiger partial charge in [-0.1, -0.05) is 48.0 Å². The van der Waals surface area contributed by atoms with Crippen LogP contribution in [0.25, 0.3) is 0 Å². The molecule has 2 rings (SSSR count). The molecule has 1 amide bonds. The molecule has 0 fully saturated rings. The predicted octanol–water partition coefficient (Wildman–Crippen LogP) is 3.61. The van der Waals surface area contributed by atoms with Crippen LogP contribution in [0.15, 0.2) is 54.6 Å². The molecule has 0 aliphatic carbocycles. The molecule has 0 radical (unpaired) electrons. The normalized spacial score (nSPS) is 10.1. The third kappa shape index (κ3) is 3.11. The Hall–Kier alpha value is -1.80. The summed E-state index contributed by atoms with van der Waals surface area (Å²) in [5.74, 6) is -0.0265. The number of hydrogen-bond donors (Lipinski definition) is 0. The van der Waals surface area contributed by atoms with Crippen molar-refractivity contribution in [2.75, 3.05) is 7.05 Å². The van der Waals surface area contributed by atoms with E-state index in [9.17, 15) is 4.79 Å². The van der Waals surface area contributed by atoms with Gasteiger partial charge in [-0.05, 0) is 23.8 Å². The van der Waals surface area contributed by atoms with Gasteiger partial charge in [0.1, 0.15) is 0 Å². The van der Waals surface area contributed by atoms with Crippen LogP contribution in [0.2, 0.25) is 5.02 Å². The zero-order valence-corrected chi connectivity index (χ0v) is 10.9. The molecule has 0 aromatic heterocycles. The topological polar surface area (TPSA) is 20.3 Å². The van der Waals surface area contributed by atoms with E-state index in [1.54, 1.807) is 36.2 Å². The van der Waals surface area contributed by atoms with Crippen molar-refractivity contribution in [1.29, 1.82) is 0 Å². The van der Waals surface area contributed by atoms with Crippen LogP contribution in [-0.4, -0.2) is 17.9 Å². The van der Waals surface area contributed by atoms with E-state index in [4.69, 9.17) is 11.6 Å². The Labute approximate surface area is 112 Å². The highest BCUT2D eigenvalue weighted by molar-refractivity contribution is 6.30. The Kier molecular flexibility index (Phi) is 4.00. The Morgan fingerprint density at radius 2 is 1.83 bits per heavy atom. The number of rotatable bonds is 3. The number of hydrogen-bond acceptors (Lipinski definition) is 1. The molecule has 0 aliphatic heterocycles. The summed E-state index contributed by atoms with van der Waals surface area (Å²) in [6.07, 6.45) is 0. The molecule has 0 bridgehead atoms. The van der Waals surface area contributed by atoms with Crippen molar-refractivity contribution in [3.8, 4) is 0 Å². The molecule has 2 nitrogen and oxygen atoms in total. The van der Waals surface area contributed by atoms with Crippen molar-refractivity contribution in [3.05, 3.63) is 70.7 Å². The molecule has 0 aliphatic rings. The minimum Gasteiger partial charge on any atom is -0.337 e. The van der Waals surface area contributed by atoms with E-state index in [-0.39, 0.29) is 5.91 Å². The SMILES string of the molecule is CN(Cc1ccccc1)C(=O)c1cccc(Cl)c1. The zero-order chi connectivity index (χ0) is 13.0. The summed E-state index contributed by atoms with van der Waals surface area (Å²) in [5.41, 5.74) is 1.72. The van der Waals surface area contributed by atoms with E-state index >= 15 is 0 Å². The molecular weight excluding hydrogens is 246 g/mol. The molecule has 0 saturated heterocycles. The molecule has 0 spiro atoms. The van der Waals surface area contributed by atoms with E-state index in [2.05, 4.69) is 0 Å². The number of amides is 1. The summed E-state index contributed by atoms with van der Waals surface area (Å²) in [5, 5.41) is 0.578. The predicted molar refractivity (Wildman–Crippen MR) is 73.7 cm³/mol. The molecular formula is C15H14ClNO. The molecule has 0 atom stereocenters. The Bertz CT molecular complexity index is 539. The van der Waals surface area contributed by atoms with Crippen LogP contribution in [0.3, 0.4) is 0 Å². The fourth-order valence-electron chi connectivity index (χ4n) is 1.77. The zero-order valence-electron chi connectivity index (χ0n) is 10.1. The van der Waals surface area contributed by atoms with Gasteiger partial charge in [-0.2, -0.15) is 0 Å². The van der Waals surface area contributed by atoms with Gasteiger partial charge in [-0.15, -0.1) is 0 Å². The molecule has 92 valence electrons. The third-order valence-corrected chi connectivity index (χ3v) is 2.92. The van der Waals surface area contributed by atoms with E-state index in [0.29, 0.717) is 17.1 Å². The Balaban J connectivity index is 2.10. The number of benzene rings is 2. The number of nitrogens with zero attached hydrogens (tertiary/aromatic N) is 1. The standard InChI is InChI=1S/C15H14ClNO/c1-17(11-12-6-3-2-4-7-12)15(18)13-8-5-9-14(16)10-13/h2-10H,11H2,1H3. The highest BCUT2D eigenvalue weighted by Crippen LogP contribution is 2.13. The number of halogens is 1. The van der Waals surface area contributed by atoms with Crippen molar-refractivity contribution < 1.29 is 4.79 Å². The lowest BCUT2D eigenvalue weighted by Crippen LogP contribution is -2.26. The van der Waals surface area contributed by atoms with Crippen LogP contribution < -0.4 is 0 Å². The molecule has 0 heterocycles. The van der Waals surface area contributed by atoms with Crippen molar-refractivity contribution >= 4 is 17.5 Å². The van der Waals surface area contributed by atoms with Crippen LogP contribution >= 0.6 is 11.6 Å². The maximum atomic E-state index is 12.2. The minimum absolute atomic E-state index is 0.0265. The first kappa shape index (κ1) is 12.7. The van der Waals surface area contributed by atoms with Gasteiger partial charge in [-0.3, -0.25) is 4.79 Å². The summed E-state index contributed by atoms with van der Waals surface area (Å²) in [4.78, 5) is 13.9. The third-order valence-electron chi connectivity index (χ3n) is 2.68. The molecule has 18 heavy (non-hydrogen) atoms. The quantitative estimate of drug-likeness (QED) is 0.825. The molecule has 3 heteroatoms. The summed E-state index contributed by atoms with van der Waals surface area (Å²) in [6, 6.07) is 16.9. The van der Waals surface area contributed by atoms with Crippen molar-refractivity contribution in [2.45, 2.75) is 6.54 Å². The fourth-order valence-corrected chi connectivity index (χ4v) is 1.96. The minimum atomic E-state index is -0.0265. The van der Waals surface area contributed by atoms with Crippen LogP contribution in [0.4, 0.5) is 0 Å². The van der Waals surface area contributed by atoms with Crippen LogP contribution in [-0.2, 0) is 6.54 Å². The summed E-state index contributed by atoms with van der Waals surface area (Å²) >= 11 is 5.88. The Morgan fingerprint density at radius 1 is 1.11 bits per heavy atom.